The SMILES string of the molecule is CCC1CN(C)c2ccccc2CN1C(=O)Nc1ccn(CCOC)n1. The van der Waals surface area contributed by atoms with E-state index in [2.05, 4.69) is 41.4 Å². The molecule has 2 heterocycles. The Bertz CT molecular complexity index is 745. The minimum Gasteiger partial charge on any atom is -0.383 e. The summed E-state index contributed by atoms with van der Waals surface area (Å²) in [6.07, 6.45) is 2.74. The molecule has 140 valence electrons. The second-order valence-corrected chi connectivity index (χ2v) is 6.59. The number of urea groups is 1. The number of likely N-dealkylation sites (N-methyl/N-ethyl adjacent to an activating group) is 1. The highest BCUT2D eigenvalue weighted by Gasteiger charge is 2.28. The predicted octanol–water partition coefficient (Wildman–Crippen LogP) is 2.79. The molecule has 1 aromatic carbocycles. The Morgan fingerprint density at radius 1 is 1.35 bits per heavy atom. The zero-order valence-electron chi connectivity index (χ0n) is 15.7. The first-order valence-electron chi connectivity index (χ1n) is 9.01. The van der Waals surface area contributed by atoms with Crippen LogP contribution < -0.4 is 10.2 Å². The minimum atomic E-state index is -0.112. The first-order valence-corrected chi connectivity index (χ1v) is 9.01. The number of hydrogen-bond donors (Lipinski definition) is 1. The number of ether oxygens (including phenoxy) is 1. The minimum absolute atomic E-state index is 0.112. The van der Waals surface area contributed by atoms with Crippen LogP contribution in [0, 0.1) is 0 Å². The van der Waals surface area contributed by atoms with Crippen LogP contribution in [0.15, 0.2) is 36.5 Å². The standard InChI is InChI=1S/C19H27N5O2/c1-4-16-14-22(2)17-8-6-5-7-15(17)13-24(16)19(25)20-18-9-10-23(21-18)11-12-26-3/h5-10,16H,4,11-14H2,1-3H3,(H,20,21,25). The van der Waals surface area contributed by atoms with Crippen LogP contribution in [-0.2, 0) is 17.8 Å². The van der Waals surface area contributed by atoms with Crippen LogP contribution >= 0.6 is 0 Å². The number of carbonyl (C=O) groups is 1. The molecule has 0 bridgehead atoms. The smallest absolute Gasteiger partial charge is 0.323 e. The van der Waals surface area contributed by atoms with Gasteiger partial charge in [0.25, 0.3) is 0 Å². The van der Waals surface area contributed by atoms with Crippen LogP contribution in [0.4, 0.5) is 16.3 Å². The van der Waals surface area contributed by atoms with E-state index >= 15 is 0 Å². The van der Waals surface area contributed by atoms with Crippen molar-refractivity contribution in [2.24, 2.45) is 0 Å². The van der Waals surface area contributed by atoms with Gasteiger partial charge in [-0.3, -0.25) is 10.00 Å². The number of methoxy groups -OCH3 is 1. The van der Waals surface area contributed by atoms with Crippen LogP contribution in [0.5, 0.6) is 0 Å². The van der Waals surface area contributed by atoms with Crippen LogP contribution in [0.1, 0.15) is 18.9 Å². The van der Waals surface area contributed by atoms with Crippen molar-refractivity contribution in [3.05, 3.63) is 42.1 Å². The fourth-order valence-corrected chi connectivity index (χ4v) is 3.35. The lowest BCUT2D eigenvalue weighted by Gasteiger charge is -2.30. The van der Waals surface area contributed by atoms with Crippen molar-refractivity contribution < 1.29 is 9.53 Å². The fraction of sp³-hybridized carbons (Fsp3) is 0.474. The van der Waals surface area contributed by atoms with Gasteiger partial charge in [-0.15, -0.1) is 0 Å². The summed E-state index contributed by atoms with van der Waals surface area (Å²) in [5, 5.41) is 7.33. The van der Waals surface area contributed by atoms with Crippen molar-refractivity contribution in [1.82, 2.24) is 14.7 Å². The number of nitrogens with zero attached hydrogens (tertiary/aromatic N) is 4. The van der Waals surface area contributed by atoms with Crippen molar-refractivity contribution in [3.63, 3.8) is 0 Å². The lowest BCUT2D eigenvalue weighted by atomic mass is 10.1. The molecule has 1 aromatic heterocycles. The van der Waals surface area contributed by atoms with Crippen molar-refractivity contribution >= 4 is 17.5 Å². The molecule has 0 saturated carbocycles. The molecule has 1 N–H and O–H groups in total. The zero-order valence-corrected chi connectivity index (χ0v) is 15.7. The summed E-state index contributed by atoms with van der Waals surface area (Å²) in [4.78, 5) is 17.1. The average molecular weight is 357 g/mol. The lowest BCUT2D eigenvalue weighted by molar-refractivity contribution is 0.183. The van der Waals surface area contributed by atoms with Gasteiger partial charge in [-0.2, -0.15) is 5.10 Å². The molecule has 1 atom stereocenters. The third-order valence-corrected chi connectivity index (χ3v) is 4.80. The fourth-order valence-electron chi connectivity index (χ4n) is 3.35. The molecule has 0 radical (unpaired) electrons. The third-order valence-electron chi connectivity index (χ3n) is 4.80. The third kappa shape index (κ3) is 3.99. The van der Waals surface area contributed by atoms with E-state index in [4.69, 9.17) is 4.74 Å². The molecule has 7 nitrogen and oxygen atoms in total. The molecule has 0 spiro atoms. The van der Waals surface area contributed by atoms with E-state index in [1.165, 1.54) is 5.69 Å². The number of benzene rings is 1. The van der Waals surface area contributed by atoms with Crippen LogP contribution in [0.2, 0.25) is 0 Å². The number of hydrogen-bond acceptors (Lipinski definition) is 4. The number of amides is 2. The van der Waals surface area contributed by atoms with Gasteiger partial charge < -0.3 is 14.5 Å². The molecular weight excluding hydrogens is 330 g/mol. The zero-order chi connectivity index (χ0) is 18.5. The van der Waals surface area contributed by atoms with Crippen molar-refractivity contribution in [3.8, 4) is 0 Å². The maximum Gasteiger partial charge on any atom is 0.323 e. The molecule has 0 aliphatic carbocycles. The highest BCUT2D eigenvalue weighted by molar-refractivity contribution is 5.88. The molecule has 7 heteroatoms. The van der Waals surface area contributed by atoms with Crippen LogP contribution in [0.25, 0.3) is 0 Å². The highest BCUT2D eigenvalue weighted by Crippen LogP contribution is 2.27. The van der Waals surface area contributed by atoms with Crippen molar-refractivity contribution in [2.75, 3.05) is 37.5 Å². The van der Waals surface area contributed by atoms with Crippen LogP contribution in [0.3, 0.4) is 0 Å². The number of aromatic nitrogens is 2. The number of carbonyl (C=O) groups excluding carboxylic acids is 1. The summed E-state index contributed by atoms with van der Waals surface area (Å²) < 4.78 is 6.82. The summed E-state index contributed by atoms with van der Waals surface area (Å²) in [5.74, 6) is 0.562. The molecule has 1 aliphatic rings. The van der Waals surface area contributed by atoms with E-state index < -0.39 is 0 Å². The van der Waals surface area contributed by atoms with Crippen molar-refractivity contribution in [1.29, 1.82) is 0 Å². The maximum atomic E-state index is 13.0. The molecule has 2 amide bonds. The first-order chi connectivity index (χ1) is 12.6. The van der Waals surface area contributed by atoms with Gasteiger partial charge in [0.2, 0.25) is 0 Å². The van der Waals surface area contributed by atoms with Gasteiger partial charge in [0, 0.05) is 45.2 Å². The summed E-state index contributed by atoms with van der Waals surface area (Å²) >= 11 is 0. The van der Waals surface area contributed by atoms with Gasteiger partial charge in [-0.25, -0.2) is 4.79 Å². The summed E-state index contributed by atoms with van der Waals surface area (Å²) in [6, 6.07) is 10.1. The second kappa shape index (κ2) is 8.23. The highest BCUT2D eigenvalue weighted by atomic mass is 16.5. The number of fused-ring (bicyclic) bond motifs is 1. The van der Waals surface area contributed by atoms with Gasteiger partial charge in [0.15, 0.2) is 5.82 Å². The Morgan fingerprint density at radius 2 is 2.15 bits per heavy atom. The van der Waals surface area contributed by atoms with E-state index in [1.54, 1.807) is 11.8 Å². The van der Waals surface area contributed by atoms with Gasteiger partial charge >= 0.3 is 6.03 Å². The monoisotopic (exact) mass is 357 g/mol. The average Bonchev–Trinajstić information content (AvgIpc) is 3.03. The first kappa shape index (κ1) is 18.3. The quantitative estimate of drug-likeness (QED) is 0.894. The Labute approximate surface area is 154 Å². The van der Waals surface area contributed by atoms with E-state index in [-0.39, 0.29) is 12.1 Å². The summed E-state index contributed by atoms with van der Waals surface area (Å²) in [6.45, 7) is 4.76. The second-order valence-electron chi connectivity index (χ2n) is 6.59. The molecular formula is C19H27N5O2. The molecule has 26 heavy (non-hydrogen) atoms. The van der Waals surface area contributed by atoms with E-state index in [1.807, 2.05) is 29.3 Å². The van der Waals surface area contributed by atoms with Crippen LogP contribution in [-0.4, -0.2) is 54.1 Å². The van der Waals surface area contributed by atoms with Gasteiger partial charge in [-0.05, 0) is 18.1 Å². The number of para-hydroxylation sites is 1. The Kier molecular flexibility index (Phi) is 5.78. The number of anilines is 2. The number of rotatable bonds is 5. The summed E-state index contributed by atoms with van der Waals surface area (Å²) in [7, 11) is 3.74. The Morgan fingerprint density at radius 3 is 2.92 bits per heavy atom. The molecule has 0 saturated heterocycles. The van der Waals surface area contributed by atoms with Gasteiger partial charge in [-0.1, -0.05) is 25.1 Å². The molecule has 3 rings (SSSR count). The largest absolute Gasteiger partial charge is 0.383 e. The van der Waals surface area contributed by atoms with E-state index in [0.717, 1.165) is 18.5 Å². The normalized spacial score (nSPS) is 17.0. The van der Waals surface area contributed by atoms with Crippen molar-refractivity contribution in [2.45, 2.75) is 32.5 Å². The molecule has 1 aliphatic heterocycles. The maximum absolute atomic E-state index is 13.0. The van der Waals surface area contributed by atoms with Gasteiger partial charge in [0.05, 0.1) is 19.2 Å². The Balaban J connectivity index is 1.75. The topological polar surface area (TPSA) is 62.6 Å². The summed E-state index contributed by atoms with van der Waals surface area (Å²) in [5.41, 5.74) is 2.34. The molecule has 2 aromatic rings. The van der Waals surface area contributed by atoms with E-state index in [9.17, 15) is 4.79 Å². The molecule has 0 fully saturated rings. The lowest BCUT2D eigenvalue weighted by Crippen LogP contribution is -2.45. The van der Waals surface area contributed by atoms with Gasteiger partial charge in [0.1, 0.15) is 0 Å². The number of nitrogens with one attached hydrogen (secondary N) is 1. The Hall–Kier alpha value is -2.54. The van der Waals surface area contributed by atoms with E-state index in [0.29, 0.717) is 25.5 Å². The predicted molar refractivity (Wildman–Crippen MR) is 102 cm³/mol. The molecule has 1 unspecified atom stereocenters.